The van der Waals surface area contributed by atoms with Gasteiger partial charge in [0.1, 0.15) is 0 Å². The van der Waals surface area contributed by atoms with Gasteiger partial charge in [0, 0.05) is 71.4 Å². The molecule has 1 aliphatic heterocycles. The molecule has 6 heterocycles. The van der Waals surface area contributed by atoms with E-state index in [0.717, 1.165) is 0 Å². The largest absolute Gasteiger partial charge is 0.309 e. The molecule has 0 spiro atoms. The maximum Gasteiger partial charge on any atom is 0.184 e. The SMILES string of the molecule is [2H]c1c([2H])c([2H])c(-c2nc(-c3c([2H])c([2H])c([2H])c([Si]4(c5c([2H])c([2H])c([2H])c(-c6nc(-c7c([2H])c([2H])c([2H])c([2H])c7[2H])nc(-c7c([2H])c([2H])c([2H])c([2H])c7-n7c8c([2H])c([2H])c([2H])c([2H])c8c8c([2H])c([2H])c([2H])c([2H])c87)n6)c5[2H])c5c([2H])c([2H])c([2H])c([2H])c5-n5c6c([2H])c([2H])c([2H])c([2H])c6c6c([2H])c([2H])c([2H])c4c65)c3[2H])nc(-c3c([2H])c([2H])c([2H])c([2H])c3-n3c4c([2H])c([2H])c([2H])c([2H])c4c4c([2H])c([2H])c([2H])c([2H])c43)n2)c([2H])c1[2H]. The first kappa shape index (κ1) is 22.7. The number of hydrogen-bond donors (Lipinski definition) is 0. The second-order valence-electron chi connectivity index (χ2n) is 20.1. The third-order valence-electron chi connectivity index (χ3n) is 15.3. The molecule has 13 aromatic carbocycles. The van der Waals surface area contributed by atoms with Crippen molar-refractivity contribution in [3.05, 3.63) is 320 Å². The summed E-state index contributed by atoms with van der Waals surface area (Å²) >= 11 is 0. The highest BCUT2D eigenvalue weighted by Crippen LogP contribution is 2.40. The number of nitrogens with zero attached hydrogens (tertiary/aromatic N) is 9. The summed E-state index contributed by atoms with van der Waals surface area (Å²) in [5, 5.41) is -10.2. The molecule has 0 saturated heterocycles. The van der Waals surface area contributed by atoms with Crippen molar-refractivity contribution in [3.8, 4) is 85.4 Å². The van der Waals surface area contributed by atoms with Gasteiger partial charge >= 0.3 is 0 Å². The van der Waals surface area contributed by atoms with Crippen LogP contribution in [0.3, 0.4) is 0 Å². The summed E-state index contributed by atoms with van der Waals surface area (Å²) in [5.41, 5.74) is -16.4. The van der Waals surface area contributed by atoms with E-state index in [0.29, 0.717) is 13.7 Å². The molecule has 0 fully saturated rings. The number of rotatable bonds is 10. The Bertz CT molecular complexity index is 8800. The summed E-state index contributed by atoms with van der Waals surface area (Å²) in [7, 11) is -7.25. The number of aromatic nitrogens is 9. The van der Waals surface area contributed by atoms with Gasteiger partial charge in [-0.05, 0) is 81.2 Å². The summed E-state index contributed by atoms with van der Waals surface area (Å²) < 4.78 is 511. The molecular weight excluding hydrogens is 1160 g/mol. The van der Waals surface area contributed by atoms with Crippen LogP contribution in [0.25, 0.3) is 151 Å². The lowest BCUT2D eigenvalue weighted by Gasteiger charge is -2.40. The predicted molar refractivity (Wildman–Crippen MR) is 386 cm³/mol. The Morgan fingerprint density at radius 1 is 0.234 bits per heavy atom. The summed E-state index contributed by atoms with van der Waals surface area (Å²) in [6.45, 7) is 0. The van der Waals surface area contributed by atoms with Crippen LogP contribution in [0.15, 0.2) is 320 Å². The van der Waals surface area contributed by atoms with Crippen molar-refractivity contribution >= 4 is 94.2 Å². The molecule has 5 aromatic heterocycles. The van der Waals surface area contributed by atoms with E-state index in [9.17, 15) is 52.1 Å². The Balaban J connectivity index is 1.05. The fraction of sp³-hybridized carbons (Fsp3) is 0. The van der Waals surface area contributed by atoms with Crippen molar-refractivity contribution < 1.29 is 72.7 Å². The molecule has 0 N–H and O–H groups in total. The monoisotopic (exact) mass is 1270 g/mol. The Morgan fingerprint density at radius 3 is 1.00 bits per heavy atom. The zero-order valence-electron chi connectivity index (χ0n) is 99.5. The molecule has 0 bridgehead atoms. The van der Waals surface area contributed by atoms with Crippen LogP contribution in [-0.2, 0) is 0 Å². The molecule has 19 rings (SSSR count). The van der Waals surface area contributed by atoms with Gasteiger partial charge in [0.25, 0.3) is 0 Å². The second-order valence-corrected chi connectivity index (χ2v) is 23.6. The lowest BCUT2D eigenvalue weighted by atomic mass is 10.1. The van der Waals surface area contributed by atoms with E-state index in [1.165, 1.54) is 0 Å². The highest BCUT2D eigenvalue weighted by Gasteiger charge is 2.48. The molecule has 9 nitrogen and oxygen atoms in total. The molecular formula is C84H53N9Si. The highest BCUT2D eigenvalue weighted by molar-refractivity contribution is 7.21. The predicted octanol–water partition coefficient (Wildman–Crippen LogP) is 17.0. The molecule has 0 atom stereocenters. The molecule has 18 aromatic rings. The molecule has 438 valence electrons. The van der Waals surface area contributed by atoms with Crippen LogP contribution in [0.4, 0.5) is 0 Å². The zero-order valence-corrected chi connectivity index (χ0v) is 47.5. The van der Waals surface area contributed by atoms with Crippen molar-refractivity contribution in [2.45, 2.75) is 0 Å². The average Bonchev–Trinajstić information content (AvgIpc) is 1.56. The van der Waals surface area contributed by atoms with Gasteiger partial charge in [-0.1, -0.05) is 260 Å². The van der Waals surface area contributed by atoms with Crippen LogP contribution in [0.1, 0.15) is 72.7 Å². The molecule has 1 aliphatic rings. The average molecular weight is 1270 g/mol. The lowest BCUT2D eigenvalue weighted by molar-refractivity contribution is 1.06. The van der Waals surface area contributed by atoms with Crippen molar-refractivity contribution in [2.24, 2.45) is 0 Å². The Kier molecular flexibility index (Phi) is 5.15. The fourth-order valence-electron chi connectivity index (χ4n) is 11.6. The molecule has 0 unspecified atom stereocenters. The maximum absolute atomic E-state index is 11.4. The van der Waals surface area contributed by atoms with Gasteiger partial charge in [-0.25, -0.2) is 29.9 Å². The molecule has 94 heavy (non-hydrogen) atoms. The van der Waals surface area contributed by atoms with Gasteiger partial charge in [0.05, 0.1) is 117 Å². The Morgan fingerprint density at radius 2 is 0.543 bits per heavy atom. The van der Waals surface area contributed by atoms with Gasteiger partial charge in [-0.2, -0.15) is 0 Å². The van der Waals surface area contributed by atoms with E-state index >= 15 is 0 Å². The third kappa shape index (κ3) is 8.13. The van der Waals surface area contributed by atoms with E-state index in [-0.39, 0.29) is 0 Å². The first-order valence-electron chi connectivity index (χ1n) is 53.9. The van der Waals surface area contributed by atoms with E-state index in [2.05, 4.69) is 29.9 Å². The topological polar surface area (TPSA) is 92.1 Å². The Labute approximate surface area is 616 Å². The second kappa shape index (κ2) is 21.3. The third-order valence-corrected chi connectivity index (χ3v) is 19.5. The van der Waals surface area contributed by atoms with Crippen molar-refractivity contribution in [3.63, 3.8) is 0 Å². The molecule has 0 radical (unpaired) electrons. The first-order chi connectivity index (χ1) is 68.7. The fourth-order valence-corrected chi connectivity index (χ4v) is 15.8. The summed E-state index contributed by atoms with van der Waals surface area (Å²) in [6.07, 6.45) is 0. The minimum absolute atomic E-state index is 0.557. The zero-order chi connectivity index (χ0) is 108. The van der Waals surface area contributed by atoms with Crippen LogP contribution >= 0.6 is 0 Å². The van der Waals surface area contributed by atoms with Crippen molar-refractivity contribution in [2.75, 3.05) is 0 Å². The van der Waals surface area contributed by atoms with Crippen molar-refractivity contribution in [1.29, 1.82) is 0 Å². The van der Waals surface area contributed by atoms with E-state index in [4.69, 9.17) is 20.6 Å². The number of hydrogen-bond acceptors (Lipinski definition) is 6. The van der Waals surface area contributed by atoms with Crippen molar-refractivity contribution in [1.82, 2.24) is 43.6 Å². The Hall–Kier alpha value is -12.5. The number of benzene rings is 13. The van der Waals surface area contributed by atoms with Gasteiger partial charge in [0.2, 0.25) is 0 Å². The molecule has 10 heteroatoms. The van der Waals surface area contributed by atoms with Gasteiger partial charge in [-0.3, -0.25) is 0 Å². The van der Waals surface area contributed by atoms with E-state index in [1.807, 2.05) is 0 Å². The van der Waals surface area contributed by atoms with Crippen LogP contribution in [0.5, 0.6) is 0 Å². The summed E-state index contributed by atoms with van der Waals surface area (Å²) in [5.74, 6) is -8.20. The van der Waals surface area contributed by atoms with Crippen LogP contribution in [0, 0.1) is 0 Å². The molecule has 0 aliphatic carbocycles. The normalized spacial score (nSPS) is 20.4. The number of fused-ring (bicyclic) bond motifs is 11. The smallest absolute Gasteiger partial charge is 0.184 e. The van der Waals surface area contributed by atoms with Gasteiger partial charge in [-0.15, -0.1) is 0 Å². The van der Waals surface area contributed by atoms with E-state index < -0.39 is 500 Å². The minimum Gasteiger partial charge on any atom is -0.309 e. The van der Waals surface area contributed by atoms with Crippen LogP contribution < -0.4 is 20.7 Å². The summed E-state index contributed by atoms with van der Waals surface area (Å²) in [6, 6.07) is -66.7. The number of para-hydroxylation sites is 9. The van der Waals surface area contributed by atoms with Crippen LogP contribution in [0.2, 0.25) is 0 Å². The molecule has 0 amide bonds. The minimum atomic E-state index is -7.25. The van der Waals surface area contributed by atoms with Gasteiger partial charge in [0.15, 0.2) is 43.0 Å². The maximum atomic E-state index is 11.4. The lowest BCUT2D eigenvalue weighted by Crippen LogP contribution is -2.76. The first-order valence-corrected chi connectivity index (χ1v) is 29.4. The highest BCUT2D eigenvalue weighted by atomic mass is 28.3. The summed E-state index contributed by atoms with van der Waals surface area (Å²) in [4.78, 5) is 27.2. The van der Waals surface area contributed by atoms with Crippen LogP contribution in [-0.4, -0.2) is 51.7 Å². The standard InChI is InChI=1S/C84H53N9Si/c1-3-26-54(27-4-1)79-85-81(89-83(87-79)66-39-12-19-47-73(66)91-68-42-14-7-34-60(68)61-35-8-15-43-69(61)91)56-30-23-32-58(52-56)94(76-50-22-21-49-75(76)93-72-46-18-11-38-64(72)65-41-25-51-77(94)78(65)93)59-33-24-31-57(53-59)82-86-80(55-28-5-2-6-29-55)88-84(90-82)67-40-13-20-48-74(67)92-70-44-16-9-36-62(70)63-37-10-17-45-71(63)92/h1-53H/i1D,2D,3D,4D,5D,6D,7D,8D,9D,10D,11D,12D,13D,14D,15D,16D,17D,18D,19D,20D,21D,22D,23D,24D,25D,26D,27D,28D,29D,30D,31D,32D,33D,34D,35D,36D,37D,38D,39D,40D,41D,42D,43D,44D,45D,46D,47D,48D,49D,50D,51D,52D,53D. The van der Waals surface area contributed by atoms with Gasteiger partial charge < -0.3 is 13.7 Å². The quantitative estimate of drug-likeness (QED) is 0.127. The molecule has 0 saturated carbocycles. The van der Waals surface area contributed by atoms with E-state index in [1.54, 1.807) is 0 Å².